The molecule has 2 aromatic rings. The molecule has 0 fully saturated rings. The molecule has 0 saturated heterocycles. The third-order valence-electron chi connectivity index (χ3n) is 4.39. The highest BCUT2D eigenvalue weighted by molar-refractivity contribution is 6.35. The summed E-state index contributed by atoms with van der Waals surface area (Å²) in [5, 5.41) is 3.87. The molecule has 0 bridgehead atoms. The number of aryl methyl sites for hydroxylation is 1. The van der Waals surface area contributed by atoms with E-state index in [1.807, 2.05) is 45.0 Å². The first-order valence-electron chi connectivity index (χ1n) is 9.26. The molecule has 0 heterocycles. The second-order valence-corrected chi connectivity index (χ2v) is 8.11. The molecule has 0 aliphatic rings. The van der Waals surface area contributed by atoms with Gasteiger partial charge in [-0.3, -0.25) is 9.59 Å². The van der Waals surface area contributed by atoms with E-state index in [-0.39, 0.29) is 30.8 Å². The van der Waals surface area contributed by atoms with Gasteiger partial charge in [-0.2, -0.15) is 0 Å². The van der Waals surface area contributed by atoms with E-state index in [0.29, 0.717) is 10.0 Å². The van der Waals surface area contributed by atoms with Crippen molar-refractivity contribution in [2.45, 2.75) is 52.7 Å². The predicted octanol–water partition coefficient (Wildman–Crippen LogP) is 4.79. The molecule has 2 aromatic carbocycles. The third kappa shape index (κ3) is 6.25. The molecule has 1 N–H and O–H groups in total. The average molecular weight is 421 g/mol. The van der Waals surface area contributed by atoms with Gasteiger partial charge in [0.1, 0.15) is 6.04 Å². The minimum atomic E-state index is -0.633. The number of rotatable bonds is 7. The van der Waals surface area contributed by atoms with E-state index in [1.54, 1.807) is 30.0 Å². The lowest BCUT2D eigenvalue weighted by atomic mass is 10.1. The average Bonchev–Trinajstić information content (AvgIpc) is 2.59. The van der Waals surface area contributed by atoms with E-state index in [0.717, 1.165) is 16.7 Å². The van der Waals surface area contributed by atoms with E-state index >= 15 is 0 Å². The van der Waals surface area contributed by atoms with Crippen LogP contribution in [0.5, 0.6) is 0 Å². The predicted molar refractivity (Wildman–Crippen MR) is 115 cm³/mol. The molecule has 150 valence electrons. The zero-order chi connectivity index (χ0) is 20.8. The van der Waals surface area contributed by atoms with E-state index in [4.69, 9.17) is 23.2 Å². The van der Waals surface area contributed by atoms with Crippen LogP contribution in [0.1, 0.15) is 37.5 Å². The van der Waals surface area contributed by atoms with Gasteiger partial charge in [0.05, 0.1) is 6.42 Å². The highest BCUT2D eigenvalue weighted by Gasteiger charge is 2.27. The number of hydrogen-bond acceptors (Lipinski definition) is 2. The van der Waals surface area contributed by atoms with E-state index in [2.05, 4.69) is 5.32 Å². The van der Waals surface area contributed by atoms with Gasteiger partial charge in [-0.05, 0) is 51.0 Å². The molecule has 0 unspecified atom stereocenters. The Morgan fingerprint density at radius 3 is 2.39 bits per heavy atom. The molecular formula is C22H26Cl2N2O2. The van der Waals surface area contributed by atoms with Crippen molar-refractivity contribution in [3.05, 3.63) is 69.2 Å². The Hall–Kier alpha value is -2.04. The van der Waals surface area contributed by atoms with Crippen LogP contribution in [-0.2, 0) is 22.6 Å². The van der Waals surface area contributed by atoms with Crippen LogP contribution >= 0.6 is 23.2 Å². The Morgan fingerprint density at radius 2 is 1.79 bits per heavy atom. The first kappa shape index (κ1) is 22.3. The lowest BCUT2D eigenvalue weighted by Crippen LogP contribution is -2.49. The standard InChI is InChI=1S/C22H26Cl2N2O2/c1-14(2)25-22(28)16(4)26(13-18-8-9-19(23)12-20(18)24)21(27)11-17-7-5-6-15(3)10-17/h5-10,12,14,16H,11,13H2,1-4H3,(H,25,28)/t16-/m1/s1. The van der Waals surface area contributed by atoms with Crippen LogP contribution in [0.4, 0.5) is 0 Å². The molecule has 0 aliphatic heterocycles. The lowest BCUT2D eigenvalue weighted by Gasteiger charge is -2.30. The molecule has 4 nitrogen and oxygen atoms in total. The Bertz CT molecular complexity index is 852. The zero-order valence-corrected chi connectivity index (χ0v) is 18.1. The van der Waals surface area contributed by atoms with Crippen molar-refractivity contribution in [2.24, 2.45) is 0 Å². The SMILES string of the molecule is Cc1cccc(CC(=O)N(Cc2ccc(Cl)cc2Cl)[C@H](C)C(=O)NC(C)C)c1. The quantitative estimate of drug-likeness (QED) is 0.699. The Morgan fingerprint density at radius 1 is 1.07 bits per heavy atom. The summed E-state index contributed by atoms with van der Waals surface area (Å²) >= 11 is 12.3. The second-order valence-electron chi connectivity index (χ2n) is 7.26. The minimum Gasteiger partial charge on any atom is -0.352 e. The smallest absolute Gasteiger partial charge is 0.242 e. The number of benzene rings is 2. The number of nitrogens with one attached hydrogen (secondary N) is 1. The molecule has 0 aliphatic carbocycles. The molecule has 1 atom stereocenters. The van der Waals surface area contributed by atoms with Gasteiger partial charge < -0.3 is 10.2 Å². The summed E-state index contributed by atoms with van der Waals surface area (Å²) in [7, 11) is 0. The second kappa shape index (κ2) is 9.94. The van der Waals surface area contributed by atoms with Crippen LogP contribution in [0.2, 0.25) is 10.0 Å². The summed E-state index contributed by atoms with van der Waals surface area (Å²) in [6.07, 6.45) is 0.214. The van der Waals surface area contributed by atoms with Crippen LogP contribution in [-0.4, -0.2) is 28.8 Å². The van der Waals surface area contributed by atoms with Gasteiger partial charge in [-0.25, -0.2) is 0 Å². The monoisotopic (exact) mass is 420 g/mol. The van der Waals surface area contributed by atoms with E-state index in [1.165, 1.54) is 0 Å². The number of carbonyl (C=O) groups is 2. The van der Waals surface area contributed by atoms with Crippen molar-refractivity contribution >= 4 is 35.0 Å². The Balaban J connectivity index is 2.28. The van der Waals surface area contributed by atoms with E-state index in [9.17, 15) is 9.59 Å². The normalized spacial score (nSPS) is 12.0. The van der Waals surface area contributed by atoms with Gasteiger partial charge in [0.15, 0.2) is 0 Å². The first-order chi connectivity index (χ1) is 13.2. The van der Waals surface area contributed by atoms with Gasteiger partial charge in [-0.15, -0.1) is 0 Å². The maximum Gasteiger partial charge on any atom is 0.242 e. The molecule has 28 heavy (non-hydrogen) atoms. The topological polar surface area (TPSA) is 49.4 Å². The summed E-state index contributed by atoms with van der Waals surface area (Å²) in [6.45, 7) is 7.72. The van der Waals surface area contributed by atoms with Crippen molar-refractivity contribution in [1.82, 2.24) is 10.2 Å². The lowest BCUT2D eigenvalue weighted by molar-refractivity contribution is -0.140. The molecule has 0 radical (unpaired) electrons. The highest BCUT2D eigenvalue weighted by atomic mass is 35.5. The van der Waals surface area contributed by atoms with Crippen molar-refractivity contribution in [3.8, 4) is 0 Å². The number of nitrogens with zero attached hydrogens (tertiary/aromatic N) is 1. The van der Waals surface area contributed by atoms with Crippen molar-refractivity contribution < 1.29 is 9.59 Å². The van der Waals surface area contributed by atoms with Crippen LogP contribution in [0.25, 0.3) is 0 Å². The van der Waals surface area contributed by atoms with Gasteiger partial charge in [-0.1, -0.05) is 59.1 Å². The minimum absolute atomic E-state index is 0.0113. The molecule has 0 spiro atoms. The van der Waals surface area contributed by atoms with E-state index < -0.39 is 6.04 Å². The maximum absolute atomic E-state index is 13.1. The fraction of sp³-hybridized carbons (Fsp3) is 0.364. The van der Waals surface area contributed by atoms with Crippen molar-refractivity contribution in [2.75, 3.05) is 0 Å². The largest absolute Gasteiger partial charge is 0.352 e. The molecule has 0 aromatic heterocycles. The summed E-state index contributed by atoms with van der Waals surface area (Å²) in [6, 6.07) is 12.3. The van der Waals surface area contributed by atoms with Crippen LogP contribution in [0.15, 0.2) is 42.5 Å². The molecule has 2 rings (SSSR count). The fourth-order valence-corrected chi connectivity index (χ4v) is 3.39. The fourth-order valence-electron chi connectivity index (χ4n) is 2.92. The van der Waals surface area contributed by atoms with Crippen molar-refractivity contribution in [1.29, 1.82) is 0 Å². The number of amides is 2. The molecule has 2 amide bonds. The van der Waals surface area contributed by atoms with Crippen LogP contribution in [0.3, 0.4) is 0 Å². The maximum atomic E-state index is 13.1. The summed E-state index contributed by atoms with van der Waals surface area (Å²) in [4.78, 5) is 27.3. The van der Waals surface area contributed by atoms with Gasteiger partial charge in [0.2, 0.25) is 11.8 Å². The Labute approximate surface area is 176 Å². The van der Waals surface area contributed by atoms with Crippen LogP contribution < -0.4 is 5.32 Å². The van der Waals surface area contributed by atoms with Crippen molar-refractivity contribution in [3.63, 3.8) is 0 Å². The summed E-state index contributed by atoms with van der Waals surface area (Å²) < 4.78 is 0. The number of carbonyl (C=O) groups excluding carboxylic acids is 2. The van der Waals surface area contributed by atoms with Crippen LogP contribution in [0, 0.1) is 6.92 Å². The molecular weight excluding hydrogens is 395 g/mol. The molecule has 6 heteroatoms. The Kier molecular flexibility index (Phi) is 7.90. The zero-order valence-electron chi connectivity index (χ0n) is 16.6. The summed E-state index contributed by atoms with van der Waals surface area (Å²) in [5.74, 6) is -0.333. The number of halogens is 2. The van der Waals surface area contributed by atoms with Gasteiger partial charge >= 0.3 is 0 Å². The van der Waals surface area contributed by atoms with Gasteiger partial charge in [0.25, 0.3) is 0 Å². The summed E-state index contributed by atoms with van der Waals surface area (Å²) in [5.41, 5.74) is 2.74. The first-order valence-corrected chi connectivity index (χ1v) is 10.0. The highest BCUT2D eigenvalue weighted by Crippen LogP contribution is 2.23. The molecule has 0 saturated carbocycles. The van der Waals surface area contributed by atoms with Gasteiger partial charge in [0, 0.05) is 22.6 Å². The third-order valence-corrected chi connectivity index (χ3v) is 4.98. The number of hydrogen-bond donors (Lipinski definition) is 1.